The number of nitrogens with zero attached hydrogens (tertiary/aromatic N) is 2. The molecule has 0 radical (unpaired) electrons. The van der Waals surface area contributed by atoms with Crippen LogP contribution >= 0.6 is 11.6 Å². The molecule has 1 rings (SSSR count). The molecule has 15 heavy (non-hydrogen) atoms. The lowest BCUT2D eigenvalue weighted by Crippen LogP contribution is -2.23. The standard InChI is InChI=1S/C11H17ClN2O/c1-5-6-9-13-8(12)7-10(14-9)15-11(2,3)4/h7H,5-6H2,1-4H3. The number of ether oxygens (including phenoxy) is 1. The summed E-state index contributed by atoms with van der Waals surface area (Å²) in [7, 11) is 0. The van der Waals surface area contributed by atoms with E-state index in [1.807, 2.05) is 20.8 Å². The van der Waals surface area contributed by atoms with Crippen molar-refractivity contribution < 1.29 is 4.74 Å². The molecule has 84 valence electrons. The molecule has 0 atom stereocenters. The lowest BCUT2D eigenvalue weighted by atomic mass is 10.2. The monoisotopic (exact) mass is 228 g/mol. The Morgan fingerprint density at radius 1 is 1.33 bits per heavy atom. The number of halogens is 1. The van der Waals surface area contributed by atoms with Crippen LogP contribution in [0.2, 0.25) is 5.15 Å². The summed E-state index contributed by atoms with van der Waals surface area (Å²) in [5.74, 6) is 1.29. The lowest BCUT2D eigenvalue weighted by molar-refractivity contribution is 0.123. The minimum absolute atomic E-state index is 0.263. The minimum atomic E-state index is -0.263. The van der Waals surface area contributed by atoms with Gasteiger partial charge in [0.2, 0.25) is 5.88 Å². The summed E-state index contributed by atoms with van der Waals surface area (Å²) in [6.07, 6.45) is 1.82. The summed E-state index contributed by atoms with van der Waals surface area (Å²) in [4.78, 5) is 8.42. The Balaban J connectivity index is 2.88. The van der Waals surface area contributed by atoms with Crippen LogP contribution in [0, 0.1) is 0 Å². The third-order valence-corrected chi connectivity index (χ3v) is 1.80. The van der Waals surface area contributed by atoms with Gasteiger partial charge >= 0.3 is 0 Å². The van der Waals surface area contributed by atoms with Gasteiger partial charge in [-0.2, -0.15) is 4.98 Å². The van der Waals surface area contributed by atoms with Crippen molar-refractivity contribution in [2.24, 2.45) is 0 Å². The van der Waals surface area contributed by atoms with Gasteiger partial charge < -0.3 is 4.74 Å². The third kappa shape index (κ3) is 4.47. The molecule has 1 aromatic rings. The second-order valence-electron chi connectivity index (χ2n) is 4.41. The van der Waals surface area contributed by atoms with Gasteiger partial charge in [-0.3, -0.25) is 0 Å². The van der Waals surface area contributed by atoms with Gasteiger partial charge in [0.15, 0.2) is 0 Å². The summed E-state index contributed by atoms with van der Waals surface area (Å²) in [5, 5.41) is 0.438. The van der Waals surface area contributed by atoms with Crippen LogP contribution in [-0.2, 0) is 6.42 Å². The molecule has 0 fully saturated rings. The molecular weight excluding hydrogens is 212 g/mol. The van der Waals surface area contributed by atoms with Gasteiger partial charge in [0.1, 0.15) is 16.6 Å². The van der Waals surface area contributed by atoms with Crippen LogP contribution in [0.5, 0.6) is 5.88 Å². The van der Waals surface area contributed by atoms with E-state index in [1.165, 1.54) is 0 Å². The van der Waals surface area contributed by atoms with Crippen molar-refractivity contribution in [3.63, 3.8) is 0 Å². The topological polar surface area (TPSA) is 35.0 Å². The first-order valence-corrected chi connectivity index (χ1v) is 5.51. The van der Waals surface area contributed by atoms with E-state index in [0.29, 0.717) is 11.0 Å². The zero-order valence-corrected chi connectivity index (χ0v) is 10.4. The quantitative estimate of drug-likeness (QED) is 0.745. The highest BCUT2D eigenvalue weighted by Crippen LogP contribution is 2.19. The molecule has 0 aromatic carbocycles. The van der Waals surface area contributed by atoms with Crippen LogP contribution in [0.25, 0.3) is 0 Å². The molecule has 0 unspecified atom stereocenters. The SMILES string of the molecule is CCCc1nc(Cl)cc(OC(C)(C)C)n1. The fraction of sp³-hybridized carbons (Fsp3) is 0.636. The fourth-order valence-electron chi connectivity index (χ4n) is 1.14. The van der Waals surface area contributed by atoms with Gasteiger partial charge in [0.05, 0.1) is 0 Å². The number of aromatic nitrogens is 2. The maximum atomic E-state index is 5.88. The number of hydrogen-bond donors (Lipinski definition) is 0. The van der Waals surface area contributed by atoms with Gasteiger partial charge in [-0.15, -0.1) is 0 Å². The van der Waals surface area contributed by atoms with Crippen LogP contribution in [-0.4, -0.2) is 15.6 Å². The van der Waals surface area contributed by atoms with E-state index in [1.54, 1.807) is 6.07 Å². The summed E-state index contributed by atoms with van der Waals surface area (Å²) in [5.41, 5.74) is -0.263. The van der Waals surface area contributed by atoms with E-state index in [4.69, 9.17) is 16.3 Å². The van der Waals surface area contributed by atoms with Crippen molar-refractivity contribution in [2.45, 2.75) is 46.1 Å². The van der Waals surface area contributed by atoms with Crippen LogP contribution in [0.15, 0.2) is 6.07 Å². The van der Waals surface area contributed by atoms with Crippen molar-refractivity contribution in [2.75, 3.05) is 0 Å². The van der Waals surface area contributed by atoms with Crippen molar-refractivity contribution in [1.29, 1.82) is 0 Å². The Morgan fingerprint density at radius 3 is 2.53 bits per heavy atom. The summed E-state index contributed by atoms with van der Waals surface area (Å²) in [6.45, 7) is 8.00. The smallest absolute Gasteiger partial charge is 0.218 e. The third-order valence-electron chi connectivity index (χ3n) is 1.60. The van der Waals surface area contributed by atoms with Crippen LogP contribution < -0.4 is 4.74 Å². The number of aryl methyl sites for hydroxylation is 1. The van der Waals surface area contributed by atoms with E-state index in [0.717, 1.165) is 18.7 Å². The predicted molar refractivity (Wildman–Crippen MR) is 61.4 cm³/mol. The Bertz CT molecular complexity index is 334. The van der Waals surface area contributed by atoms with Crippen LogP contribution in [0.3, 0.4) is 0 Å². The van der Waals surface area contributed by atoms with E-state index in [2.05, 4.69) is 16.9 Å². The van der Waals surface area contributed by atoms with Gasteiger partial charge in [0, 0.05) is 12.5 Å². The Hall–Kier alpha value is -0.830. The zero-order valence-electron chi connectivity index (χ0n) is 9.67. The molecule has 4 heteroatoms. The number of hydrogen-bond acceptors (Lipinski definition) is 3. The van der Waals surface area contributed by atoms with Crippen molar-refractivity contribution >= 4 is 11.6 Å². The largest absolute Gasteiger partial charge is 0.472 e. The number of rotatable bonds is 3. The minimum Gasteiger partial charge on any atom is -0.472 e. The highest BCUT2D eigenvalue weighted by molar-refractivity contribution is 6.29. The zero-order chi connectivity index (χ0) is 11.5. The second-order valence-corrected chi connectivity index (χ2v) is 4.80. The molecule has 3 nitrogen and oxygen atoms in total. The summed E-state index contributed by atoms with van der Waals surface area (Å²) >= 11 is 5.88. The van der Waals surface area contributed by atoms with Crippen LogP contribution in [0.1, 0.15) is 39.9 Å². The van der Waals surface area contributed by atoms with Gasteiger partial charge in [-0.1, -0.05) is 18.5 Å². The molecule has 0 aliphatic heterocycles. The average Bonchev–Trinajstić information content (AvgIpc) is 1.99. The first-order chi connectivity index (χ1) is 6.90. The molecule has 0 amide bonds. The summed E-state index contributed by atoms with van der Waals surface area (Å²) in [6, 6.07) is 1.64. The van der Waals surface area contributed by atoms with E-state index < -0.39 is 0 Å². The molecule has 1 heterocycles. The molecule has 0 aliphatic rings. The predicted octanol–water partition coefficient (Wildman–Crippen LogP) is 3.26. The molecule has 1 aromatic heterocycles. The normalized spacial score (nSPS) is 11.5. The van der Waals surface area contributed by atoms with E-state index in [-0.39, 0.29) is 5.60 Å². The molecule has 0 spiro atoms. The Kier molecular flexibility index (Phi) is 3.91. The van der Waals surface area contributed by atoms with Crippen LogP contribution in [0.4, 0.5) is 0 Å². The van der Waals surface area contributed by atoms with Crippen molar-refractivity contribution in [1.82, 2.24) is 9.97 Å². The van der Waals surface area contributed by atoms with Gasteiger partial charge in [-0.25, -0.2) is 4.98 Å². The van der Waals surface area contributed by atoms with E-state index in [9.17, 15) is 0 Å². The average molecular weight is 229 g/mol. The Labute approximate surface area is 95.8 Å². The molecule has 0 saturated heterocycles. The maximum Gasteiger partial charge on any atom is 0.218 e. The molecule has 0 N–H and O–H groups in total. The van der Waals surface area contributed by atoms with E-state index >= 15 is 0 Å². The second kappa shape index (κ2) is 4.79. The summed E-state index contributed by atoms with van der Waals surface area (Å²) < 4.78 is 5.63. The highest BCUT2D eigenvalue weighted by Gasteiger charge is 2.14. The first kappa shape index (κ1) is 12.2. The maximum absolute atomic E-state index is 5.88. The van der Waals surface area contributed by atoms with Crippen molar-refractivity contribution in [3.8, 4) is 5.88 Å². The van der Waals surface area contributed by atoms with Gasteiger partial charge in [-0.05, 0) is 27.2 Å². The van der Waals surface area contributed by atoms with Crippen molar-refractivity contribution in [3.05, 3.63) is 17.0 Å². The molecule has 0 bridgehead atoms. The molecule has 0 aliphatic carbocycles. The lowest BCUT2D eigenvalue weighted by Gasteiger charge is -2.20. The fourth-order valence-corrected chi connectivity index (χ4v) is 1.33. The highest BCUT2D eigenvalue weighted by atomic mass is 35.5. The first-order valence-electron chi connectivity index (χ1n) is 5.13. The van der Waals surface area contributed by atoms with Gasteiger partial charge in [0.25, 0.3) is 0 Å². The Morgan fingerprint density at radius 2 is 2.00 bits per heavy atom. The molecular formula is C11H17ClN2O. The molecule has 0 saturated carbocycles.